The summed E-state index contributed by atoms with van der Waals surface area (Å²) in [5.41, 5.74) is 1.40. The molecule has 5 nitrogen and oxygen atoms in total. The quantitative estimate of drug-likeness (QED) is 0.663. The van der Waals surface area contributed by atoms with Gasteiger partial charge in [0.05, 0.1) is 19.3 Å². The number of piperidine rings is 1. The molecule has 0 saturated carbocycles. The molecule has 3 aromatic carbocycles. The molecule has 31 heavy (non-hydrogen) atoms. The Balaban J connectivity index is 1.29. The molecule has 2 heterocycles. The van der Waals surface area contributed by atoms with Gasteiger partial charge in [0.1, 0.15) is 17.1 Å². The summed E-state index contributed by atoms with van der Waals surface area (Å²) in [5.74, 6) is 1.59. The number of benzene rings is 3. The zero-order valence-electron chi connectivity index (χ0n) is 17.8. The van der Waals surface area contributed by atoms with Crippen molar-refractivity contribution in [3.05, 3.63) is 71.8 Å². The smallest absolute Gasteiger partial charge is 0.133 e. The van der Waals surface area contributed by atoms with Crippen LogP contribution < -0.4 is 9.47 Å². The minimum Gasteiger partial charge on any atom is -0.497 e. The molecule has 5 rings (SSSR count). The van der Waals surface area contributed by atoms with Crippen LogP contribution in [0.1, 0.15) is 42.6 Å². The topological polar surface area (TPSA) is 62.2 Å². The van der Waals surface area contributed by atoms with Gasteiger partial charge in [-0.1, -0.05) is 48.5 Å². The van der Waals surface area contributed by atoms with Gasteiger partial charge in [0.25, 0.3) is 0 Å². The summed E-state index contributed by atoms with van der Waals surface area (Å²) in [6.45, 7) is 2.23. The standard InChI is InChI=1S/C26H29NO4/c1-30-20-7-4-6-19(15-20)24(29)17-27-13-11-26(12-14-27)16-23(28)22-10-9-18-5-2-3-8-21(18)25(22)31-26/h2-10,15,23-24,28-29H,11-14,16-17H2,1H3/t23-,24+/m1/s1. The molecule has 5 heteroatoms. The van der Waals surface area contributed by atoms with E-state index in [1.807, 2.05) is 42.5 Å². The van der Waals surface area contributed by atoms with E-state index in [1.54, 1.807) is 7.11 Å². The van der Waals surface area contributed by atoms with E-state index >= 15 is 0 Å². The number of hydrogen-bond donors (Lipinski definition) is 2. The molecule has 1 saturated heterocycles. The van der Waals surface area contributed by atoms with Gasteiger partial charge in [0.15, 0.2) is 0 Å². The lowest BCUT2D eigenvalue weighted by Crippen LogP contribution is -2.51. The molecule has 0 unspecified atom stereocenters. The molecule has 1 spiro atoms. The van der Waals surface area contributed by atoms with Crippen molar-refractivity contribution in [3.63, 3.8) is 0 Å². The summed E-state index contributed by atoms with van der Waals surface area (Å²) in [6.07, 6.45) is 1.20. The molecule has 2 N–H and O–H groups in total. The number of aliphatic hydroxyl groups excluding tert-OH is 2. The number of aliphatic hydroxyl groups is 2. The molecule has 0 radical (unpaired) electrons. The summed E-state index contributed by atoms with van der Waals surface area (Å²) in [4.78, 5) is 2.28. The number of methoxy groups -OCH3 is 1. The van der Waals surface area contributed by atoms with Gasteiger partial charge in [-0.15, -0.1) is 0 Å². The van der Waals surface area contributed by atoms with Crippen LogP contribution in [0.2, 0.25) is 0 Å². The van der Waals surface area contributed by atoms with Gasteiger partial charge in [-0.05, 0) is 35.9 Å². The normalized spacial score (nSPS) is 21.5. The summed E-state index contributed by atoms with van der Waals surface area (Å²) >= 11 is 0. The van der Waals surface area contributed by atoms with Gasteiger partial charge in [-0.25, -0.2) is 0 Å². The van der Waals surface area contributed by atoms with Crippen molar-refractivity contribution in [2.75, 3.05) is 26.7 Å². The predicted octanol–water partition coefficient (Wildman–Crippen LogP) is 4.23. The first-order valence-corrected chi connectivity index (χ1v) is 11.0. The highest BCUT2D eigenvalue weighted by molar-refractivity contribution is 5.90. The van der Waals surface area contributed by atoms with E-state index in [4.69, 9.17) is 9.47 Å². The van der Waals surface area contributed by atoms with Crippen molar-refractivity contribution in [2.45, 2.75) is 37.1 Å². The second kappa shape index (κ2) is 8.15. The number of likely N-dealkylation sites (tertiary alicyclic amines) is 1. The SMILES string of the molecule is COc1cccc([C@@H](O)CN2CCC3(CC2)C[C@@H](O)c2ccc4ccccc4c2O3)c1. The van der Waals surface area contributed by atoms with E-state index in [0.29, 0.717) is 13.0 Å². The Hall–Kier alpha value is -2.60. The van der Waals surface area contributed by atoms with Crippen LogP contribution >= 0.6 is 0 Å². The van der Waals surface area contributed by atoms with Crippen LogP contribution in [-0.2, 0) is 0 Å². The first-order valence-electron chi connectivity index (χ1n) is 11.0. The van der Waals surface area contributed by atoms with E-state index in [1.165, 1.54) is 0 Å². The number of ether oxygens (including phenoxy) is 2. The molecule has 0 amide bonds. The maximum absolute atomic E-state index is 10.9. The van der Waals surface area contributed by atoms with Crippen molar-refractivity contribution in [1.29, 1.82) is 0 Å². The highest BCUT2D eigenvalue weighted by atomic mass is 16.5. The fraction of sp³-hybridized carbons (Fsp3) is 0.385. The molecule has 162 valence electrons. The highest BCUT2D eigenvalue weighted by Crippen LogP contribution is 2.47. The maximum Gasteiger partial charge on any atom is 0.133 e. The molecular formula is C26H29NO4. The second-order valence-electron chi connectivity index (χ2n) is 8.80. The van der Waals surface area contributed by atoms with Crippen molar-refractivity contribution < 1.29 is 19.7 Å². The third kappa shape index (κ3) is 3.89. The van der Waals surface area contributed by atoms with Crippen LogP contribution in [0.3, 0.4) is 0 Å². The van der Waals surface area contributed by atoms with Gasteiger partial charge in [0, 0.05) is 37.0 Å². The Labute approximate surface area is 182 Å². The highest BCUT2D eigenvalue weighted by Gasteiger charge is 2.43. The van der Waals surface area contributed by atoms with Crippen LogP contribution in [0.25, 0.3) is 10.8 Å². The summed E-state index contributed by atoms with van der Waals surface area (Å²) in [7, 11) is 1.63. The predicted molar refractivity (Wildman–Crippen MR) is 121 cm³/mol. The molecule has 0 aliphatic carbocycles. The van der Waals surface area contributed by atoms with Crippen LogP contribution in [-0.4, -0.2) is 47.5 Å². The van der Waals surface area contributed by atoms with Crippen LogP contribution in [0, 0.1) is 0 Å². The zero-order chi connectivity index (χ0) is 21.4. The average molecular weight is 420 g/mol. The lowest BCUT2D eigenvalue weighted by molar-refractivity contribution is -0.0577. The number of hydrogen-bond acceptors (Lipinski definition) is 5. The van der Waals surface area contributed by atoms with E-state index in [0.717, 1.165) is 59.3 Å². The third-order valence-corrected chi connectivity index (χ3v) is 6.83. The summed E-state index contributed by atoms with van der Waals surface area (Å²) in [6, 6.07) is 19.8. The van der Waals surface area contributed by atoms with Crippen molar-refractivity contribution >= 4 is 10.8 Å². The molecule has 1 fully saturated rings. The van der Waals surface area contributed by atoms with Crippen LogP contribution in [0.4, 0.5) is 0 Å². The average Bonchev–Trinajstić information content (AvgIpc) is 2.80. The van der Waals surface area contributed by atoms with Gasteiger partial charge >= 0.3 is 0 Å². The minimum absolute atomic E-state index is 0.353. The molecular weight excluding hydrogens is 390 g/mol. The number of β-amino-alcohol motifs (C(OH)–C–C–N with tert-alkyl or cyclic N) is 1. The Morgan fingerprint density at radius 1 is 1.10 bits per heavy atom. The Bertz CT molecular complexity index is 1070. The van der Waals surface area contributed by atoms with E-state index in [9.17, 15) is 10.2 Å². The summed E-state index contributed by atoms with van der Waals surface area (Å²) in [5, 5.41) is 23.8. The van der Waals surface area contributed by atoms with Crippen LogP contribution in [0.15, 0.2) is 60.7 Å². The fourth-order valence-corrected chi connectivity index (χ4v) is 5.00. The first kappa shape index (κ1) is 20.3. The first-order chi connectivity index (χ1) is 15.1. The molecule has 2 aliphatic heterocycles. The third-order valence-electron chi connectivity index (χ3n) is 6.83. The molecule has 0 aromatic heterocycles. The molecule has 2 atom stereocenters. The fourth-order valence-electron chi connectivity index (χ4n) is 5.00. The number of rotatable bonds is 4. The lowest BCUT2D eigenvalue weighted by Gasteiger charge is -2.46. The zero-order valence-corrected chi connectivity index (χ0v) is 17.8. The van der Waals surface area contributed by atoms with E-state index < -0.39 is 12.2 Å². The Morgan fingerprint density at radius 2 is 1.90 bits per heavy atom. The van der Waals surface area contributed by atoms with Crippen LogP contribution in [0.5, 0.6) is 11.5 Å². The van der Waals surface area contributed by atoms with Gasteiger partial charge in [0.2, 0.25) is 0 Å². The Kier molecular flexibility index (Phi) is 5.34. The molecule has 3 aromatic rings. The van der Waals surface area contributed by atoms with Gasteiger partial charge in [-0.2, -0.15) is 0 Å². The monoisotopic (exact) mass is 419 g/mol. The van der Waals surface area contributed by atoms with Crippen molar-refractivity contribution in [3.8, 4) is 11.5 Å². The second-order valence-corrected chi connectivity index (χ2v) is 8.80. The largest absolute Gasteiger partial charge is 0.497 e. The lowest BCUT2D eigenvalue weighted by atomic mass is 9.81. The number of fused-ring (bicyclic) bond motifs is 3. The van der Waals surface area contributed by atoms with E-state index in [2.05, 4.69) is 23.1 Å². The molecule has 0 bridgehead atoms. The molecule has 2 aliphatic rings. The number of nitrogens with zero attached hydrogens (tertiary/aromatic N) is 1. The maximum atomic E-state index is 10.9. The Morgan fingerprint density at radius 3 is 2.71 bits per heavy atom. The van der Waals surface area contributed by atoms with Gasteiger partial charge < -0.3 is 24.6 Å². The van der Waals surface area contributed by atoms with Crippen molar-refractivity contribution in [2.24, 2.45) is 0 Å². The minimum atomic E-state index is -0.563. The van der Waals surface area contributed by atoms with Gasteiger partial charge in [-0.3, -0.25) is 0 Å². The van der Waals surface area contributed by atoms with E-state index in [-0.39, 0.29) is 5.60 Å². The van der Waals surface area contributed by atoms with Crippen molar-refractivity contribution in [1.82, 2.24) is 4.90 Å². The summed E-state index contributed by atoms with van der Waals surface area (Å²) < 4.78 is 11.9.